The molecule has 264 valence electrons. The van der Waals surface area contributed by atoms with E-state index in [9.17, 15) is 19.2 Å². The third kappa shape index (κ3) is 10.1. The van der Waals surface area contributed by atoms with Gasteiger partial charge in [0.05, 0.1) is 11.1 Å². The average Bonchev–Trinajstić information content (AvgIpc) is 3.23. The van der Waals surface area contributed by atoms with Gasteiger partial charge in [-0.3, -0.25) is 9.59 Å². The summed E-state index contributed by atoms with van der Waals surface area (Å²) in [5.41, 5.74) is 20.2. The second-order valence-corrected chi connectivity index (χ2v) is 11.3. The molecule has 0 N–H and O–H groups in total. The Bertz CT molecular complexity index is 2310. The van der Waals surface area contributed by atoms with Crippen LogP contribution in [0.2, 0.25) is 0 Å². The van der Waals surface area contributed by atoms with E-state index >= 15 is 0 Å². The fourth-order valence-electron chi connectivity index (χ4n) is 5.12. The third-order valence-electron chi connectivity index (χ3n) is 7.75. The number of esters is 2. The molecule has 0 aromatic heterocycles. The van der Waals surface area contributed by atoms with Gasteiger partial charge in [0, 0.05) is 43.5 Å². The molecule has 0 amide bonds. The quantitative estimate of drug-likeness (QED) is 0.0399. The third-order valence-corrected chi connectivity index (χ3v) is 7.75. The van der Waals surface area contributed by atoms with E-state index in [4.69, 9.17) is 20.5 Å². The molecule has 6 aromatic rings. The minimum absolute atomic E-state index is 0.196. The Morgan fingerprint density at radius 2 is 0.815 bits per heavy atom. The molecule has 2 unspecified atom stereocenters. The van der Waals surface area contributed by atoms with Crippen molar-refractivity contribution in [2.45, 2.75) is 12.2 Å². The van der Waals surface area contributed by atoms with Gasteiger partial charge in [-0.25, -0.2) is 9.59 Å². The van der Waals surface area contributed by atoms with Crippen molar-refractivity contribution in [1.82, 2.24) is 0 Å². The highest BCUT2D eigenvalue weighted by atomic mass is 16.6. The van der Waals surface area contributed by atoms with Gasteiger partial charge in [0.1, 0.15) is 0 Å². The molecule has 54 heavy (non-hydrogen) atoms. The van der Waals surface area contributed by atoms with Crippen LogP contribution in [0, 0.1) is 0 Å². The molecule has 0 aliphatic carbocycles. The number of hydrogen-bond donors (Lipinski definition) is 0. The van der Waals surface area contributed by atoms with E-state index in [1.54, 1.807) is 109 Å². The predicted octanol–water partition coefficient (Wildman–Crippen LogP) is 10.8. The number of benzene rings is 6. The molecule has 12 heteroatoms. The lowest BCUT2D eigenvalue weighted by molar-refractivity contribution is 0.0278. The molecule has 0 heterocycles. The molecule has 0 aliphatic rings. The summed E-state index contributed by atoms with van der Waals surface area (Å²) < 4.78 is 11.1. The number of rotatable bonds is 12. The van der Waals surface area contributed by atoms with E-state index in [2.05, 4.69) is 20.1 Å². The van der Waals surface area contributed by atoms with Crippen molar-refractivity contribution < 1.29 is 28.7 Å². The molecule has 6 aromatic carbocycles. The second-order valence-electron chi connectivity index (χ2n) is 11.3. The zero-order chi connectivity index (χ0) is 38.1. The summed E-state index contributed by atoms with van der Waals surface area (Å²) in [6.45, 7) is 0. The zero-order valence-corrected chi connectivity index (χ0v) is 28.5. The highest BCUT2D eigenvalue weighted by Gasteiger charge is 2.28. The Labute approximate surface area is 309 Å². The number of carbonyl (C=O) groups excluding carboxylic acids is 4. The Hall–Kier alpha value is -7.78. The SMILES string of the molecule is [N-]=[N+]=Nc1ccc(C(=O)OC(C(=O)c2ccccc2)c2ccccc2)cc1.[N-]=[N+]=Nc1cccc(C(=O)OC(C(=O)c2ccccc2)c2ccccc2)c1. The first-order chi connectivity index (χ1) is 26.4. The number of Topliss-reactive ketones (excluding diaryl/α,β-unsaturated/α-hetero) is 2. The fourth-order valence-corrected chi connectivity index (χ4v) is 5.12. The summed E-state index contributed by atoms with van der Waals surface area (Å²) in [5.74, 6) is -1.94. The van der Waals surface area contributed by atoms with Crippen LogP contribution < -0.4 is 0 Å². The first kappa shape index (κ1) is 37.5. The summed E-state index contributed by atoms with van der Waals surface area (Å²) in [7, 11) is 0. The van der Waals surface area contributed by atoms with E-state index in [0.717, 1.165) is 0 Å². The van der Waals surface area contributed by atoms with Crippen LogP contribution in [-0.2, 0) is 9.47 Å². The van der Waals surface area contributed by atoms with Gasteiger partial charge in [0.25, 0.3) is 0 Å². The lowest BCUT2D eigenvalue weighted by atomic mass is 10.00. The van der Waals surface area contributed by atoms with E-state index in [1.165, 1.54) is 36.4 Å². The minimum Gasteiger partial charge on any atom is -0.445 e. The van der Waals surface area contributed by atoms with E-state index in [-0.39, 0.29) is 28.4 Å². The monoisotopic (exact) mass is 714 g/mol. The van der Waals surface area contributed by atoms with E-state index in [1.807, 2.05) is 24.3 Å². The molecule has 0 saturated heterocycles. The fraction of sp³-hybridized carbons (Fsp3) is 0.0476. The van der Waals surface area contributed by atoms with Crippen molar-refractivity contribution in [2.24, 2.45) is 10.2 Å². The Balaban J connectivity index is 0.000000208. The second kappa shape index (κ2) is 19.0. The first-order valence-corrected chi connectivity index (χ1v) is 16.4. The number of nitrogens with zero attached hydrogens (tertiary/aromatic N) is 6. The van der Waals surface area contributed by atoms with Gasteiger partial charge in [0.15, 0.2) is 12.2 Å². The van der Waals surface area contributed by atoms with Gasteiger partial charge in [-0.05, 0) is 35.3 Å². The van der Waals surface area contributed by atoms with E-state index in [0.29, 0.717) is 27.9 Å². The minimum atomic E-state index is -1.08. The van der Waals surface area contributed by atoms with Gasteiger partial charge in [-0.2, -0.15) is 0 Å². The van der Waals surface area contributed by atoms with Crippen molar-refractivity contribution in [3.05, 3.63) is 224 Å². The topological polar surface area (TPSA) is 184 Å². The smallest absolute Gasteiger partial charge is 0.339 e. The summed E-state index contributed by atoms with van der Waals surface area (Å²) in [6, 6.07) is 47.1. The number of azide groups is 2. The van der Waals surface area contributed by atoms with Crippen molar-refractivity contribution in [1.29, 1.82) is 0 Å². The molecule has 2 atom stereocenters. The summed E-state index contributed by atoms with van der Waals surface area (Å²) in [5, 5.41) is 6.93. The van der Waals surface area contributed by atoms with Gasteiger partial charge in [0.2, 0.25) is 11.6 Å². The molecule has 0 radical (unpaired) electrons. The van der Waals surface area contributed by atoms with Crippen LogP contribution in [0.1, 0.15) is 64.8 Å². The number of carbonyl (C=O) groups is 4. The van der Waals surface area contributed by atoms with Gasteiger partial charge in [-0.1, -0.05) is 156 Å². The normalized spacial score (nSPS) is 11.1. The van der Waals surface area contributed by atoms with Crippen LogP contribution in [0.5, 0.6) is 0 Å². The summed E-state index contributed by atoms with van der Waals surface area (Å²) in [6.07, 6.45) is -2.14. The zero-order valence-electron chi connectivity index (χ0n) is 28.5. The van der Waals surface area contributed by atoms with Crippen LogP contribution in [0.15, 0.2) is 180 Å². The van der Waals surface area contributed by atoms with Crippen molar-refractivity contribution in [2.75, 3.05) is 0 Å². The molecule has 12 nitrogen and oxygen atoms in total. The van der Waals surface area contributed by atoms with Crippen molar-refractivity contribution >= 4 is 34.9 Å². The molecule has 6 rings (SSSR count). The predicted molar refractivity (Wildman–Crippen MR) is 201 cm³/mol. The number of ether oxygens (including phenoxy) is 2. The van der Waals surface area contributed by atoms with E-state index < -0.39 is 24.1 Å². The molecule has 0 bridgehead atoms. The number of hydrogen-bond acceptors (Lipinski definition) is 8. The maximum Gasteiger partial charge on any atom is 0.339 e. The Kier molecular flexibility index (Phi) is 13.2. The van der Waals surface area contributed by atoms with Gasteiger partial charge < -0.3 is 9.47 Å². The highest BCUT2D eigenvalue weighted by Crippen LogP contribution is 2.26. The van der Waals surface area contributed by atoms with Crippen LogP contribution in [-0.4, -0.2) is 23.5 Å². The summed E-state index contributed by atoms with van der Waals surface area (Å²) >= 11 is 0. The van der Waals surface area contributed by atoms with Crippen LogP contribution >= 0.6 is 0 Å². The first-order valence-electron chi connectivity index (χ1n) is 16.4. The number of ketones is 2. The molecular formula is C42H30N6O6. The van der Waals surface area contributed by atoms with Crippen LogP contribution in [0.25, 0.3) is 20.9 Å². The van der Waals surface area contributed by atoms with Crippen LogP contribution in [0.3, 0.4) is 0 Å². The van der Waals surface area contributed by atoms with Crippen molar-refractivity contribution in [3.8, 4) is 0 Å². The Morgan fingerprint density at radius 1 is 0.426 bits per heavy atom. The molecule has 0 saturated carbocycles. The van der Waals surface area contributed by atoms with Gasteiger partial charge >= 0.3 is 11.9 Å². The summed E-state index contributed by atoms with van der Waals surface area (Å²) in [4.78, 5) is 56.4. The maximum absolute atomic E-state index is 12.9. The Morgan fingerprint density at radius 3 is 1.26 bits per heavy atom. The molecular weight excluding hydrogens is 684 g/mol. The largest absolute Gasteiger partial charge is 0.445 e. The highest BCUT2D eigenvalue weighted by molar-refractivity contribution is 6.03. The molecule has 0 spiro atoms. The lowest BCUT2D eigenvalue weighted by Crippen LogP contribution is -2.20. The maximum atomic E-state index is 12.9. The average molecular weight is 715 g/mol. The molecule has 0 fully saturated rings. The van der Waals surface area contributed by atoms with Crippen molar-refractivity contribution in [3.63, 3.8) is 0 Å². The standard InChI is InChI=1S/2C21H15N3O3/c22-24-23-18-13-7-12-17(14-18)21(26)27-20(16-10-5-2-6-11-16)19(25)15-8-3-1-4-9-15;22-24-23-18-13-11-17(12-14-18)21(26)27-20(16-9-5-2-6-10-16)19(25)15-7-3-1-4-8-15/h2*1-14,20H. The lowest BCUT2D eigenvalue weighted by Gasteiger charge is -2.17. The molecule has 0 aliphatic heterocycles. The van der Waals surface area contributed by atoms with Gasteiger partial charge in [-0.15, -0.1) is 0 Å². The van der Waals surface area contributed by atoms with Crippen LogP contribution in [0.4, 0.5) is 11.4 Å².